The second kappa shape index (κ2) is 6.69. The summed E-state index contributed by atoms with van der Waals surface area (Å²) in [4.78, 5) is 0.258. The number of aryl methyl sites for hydroxylation is 1. The minimum absolute atomic E-state index is 0.208. The molecule has 0 aliphatic rings. The van der Waals surface area contributed by atoms with Crippen LogP contribution in [0.1, 0.15) is 6.92 Å². The third-order valence-electron chi connectivity index (χ3n) is 4.00. The Labute approximate surface area is 156 Å². The van der Waals surface area contributed by atoms with Crippen molar-refractivity contribution >= 4 is 42.7 Å². The van der Waals surface area contributed by atoms with Gasteiger partial charge in [0.25, 0.3) is 10.0 Å². The van der Waals surface area contributed by atoms with Crippen LogP contribution in [0.5, 0.6) is 0 Å². The summed E-state index contributed by atoms with van der Waals surface area (Å²) in [5.74, 6) is 0.591. The van der Waals surface area contributed by atoms with E-state index >= 15 is 0 Å². The Bertz CT molecular complexity index is 1000. The molecule has 0 aliphatic heterocycles. The van der Waals surface area contributed by atoms with Gasteiger partial charge in [-0.2, -0.15) is 0 Å². The Hall–Kier alpha value is -2.05. The molecule has 2 aromatic carbocycles. The maximum atomic E-state index is 13.3. The summed E-state index contributed by atoms with van der Waals surface area (Å²) >= 11 is 3.60. The van der Waals surface area contributed by atoms with Crippen molar-refractivity contribution < 1.29 is 8.42 Å². The van der Waals surface area contributed by atoms with Gasteiger partial charge in [-0.3, -0.25) is 0 Å². The van der Waals surface area contributed by atoms with E-state index in [0.29, 0.717) is 5.82 Å². The number of para-hydroxylation sites is 1. The van der Waals surface area contributed by atoms with Gasteiger partial charge in [-0.25, -0.2) is 12.7 Å². The normalized spacial score (nSPS) is 11.6. The van der Waals surface area contributed by atoms with Gasteiger partial charge in [0, 0.05) is 12.4 Å². The molecule has 1 aromatic heterocycles. The zero-order chi connectivity index (χ0) is 18.2. The predicted molar refractivity (Wildman–Crippen MR) is 106 cm³/mol. The first kappa shape index (κ1) is 17.8. The largest absolute Gasteiger partial charge is 0.329 e. The molecule has 0 saturated carbocycles. The van der Waals surface area contributed by atoms with E-state index in [1.807, 2.05) is 42.8 Å². The van der Waals surface area contributed by atoms with Crippen LogP contribution >= 0.6 is 15.9 Å². The van der Waals surface area contributed by atoms with Crippen LogP contribution in [-0.4, -0.2) is 19.5 Å². The summed E-state index contributed by atoms with van der Waals surface area (Å²) in [7, 11) is -1.85. The first-order valence-corrected chi connectivity index (χ1v) is 10.0. The summed E-state index contributed by atoms with van der Waals surface area (Å²) in [6.07, 6.45) is 0. The molecule has 25 heavy (non-hydrogen) atoms. The van der Waals surface area contributed by atoms with Gasteiger partial charge in [0.15, 0.2) is 0 Å². The second-order valence-corrected chi connectivity index (χ2v) is 8.65. The van der Waals surface area contributed by atoms with Gasteiger partial charge in [-0.1, -0.05) is 48.6 Å². The van der Waals surface area contributed by atoms with Crippen molar-refractivity contribution in [2.24, 2.45) is 7.05 Å². The molecule has 0 spiro atoms. The molecular weight excluding hydrogens is 400 g/mol. The number of halogens is 1. The highest BCUT2D eigenvalue weighted by Gasteiger charge is 2.30. The van der Waals surface area contributed by atoms with E-state index in [1.54, 1.807) is 30.3 Å². The Morgan fingerprint density at radius 1 is 1.12 bits per heavy atom. The highest BCUT2D eigenvalue weighted by atomic mass is 79.9. The predicted octanol–water partition coefficient (Wildman–Crippen LogP) is 4.71. The Morgan fingerprint density at radius 3 is 2.32 bits per heavy atom. The van der Waals surface area contributed by atoms with Gasteiger partial charge in [0.05, 0.1) is 21.4 Å². The summed E-state index contributed by atoms with van der Waals surface area (Å²) in [6, 6.07) is 16.3. The van der Waals surface area contributed by atoms with Crippen LogP contribution in [0.3, 0.4) is 0 Å². The topological polar surface area (TPSA) is 42.3 Å². The smallest absolute Gasteiger partial charge is 0.265 e. The van der Waals surface area contributed by atoms with Crippen molar-refractivity contribution in [3.05, 3.63) is 71.2 Å². The zero-order valence-corrected chi connectivity index (χ0v) is 16.5. The maximum absolute atomic E-state index is 13.3. The highest BCUT2D eigenvalue weighted by molar-refractivity contribution is 9.10. The van der Waals surface area contributed by atoms with E-state index in [-0.39, 0.29) is 11.4 Å². The molecule has 0 radical (unpaired) electrons. The molecule has 130 valence electrons. The summed E-state index contributed by atoms with van der Waals surface area (Å²) in [5, 5.41) is 0.968. The number of anilines is 1. The average Bonchev–Trinajstić information content (AvgIpc) is 2.85. The molecule has 0 amide bonds. The van der Waals surface area contributed by atoms with Crippen LogP contribution in [0, 0.1) is 0 Å². The lowest BCUT2D eigenvalue weighted by atomic mass is 10.2. The van der Waals surface area contributed by atoms with E-state index < -0.39 is 10.0 Å². The van der Waals surface area contributed by atoms with E-state index in [4.69, 9.17) is 0 Å². The Kier molecular flexibility index (Phi) is 4.75. The van der Waals surface area contributed by atoms with Crippen LogP contribution in [0.2, 0.25) is 0 Å². The molecule has 3 aromatic rings. The highest BCUT2D eigenvalue weighted by Crippen LogP contribution is 2.39. The van der Waals surface area contributed by atoms with Crippen LogP contribution in [0.15, 0.2) is 76.1 Å². The molecule has 0 unspecified atom stereocenters. The van der Waals surface area contributed by atoms with Gasteiger partial charge < -0.3 is 4.57 Å². The van der Waals surface area contributed by atoms with Crippen molar-refractivity contribution in [2.45, 2.75) is 11.8 Å². The third kappa shape index (κ3) is 3.12. The molecule has 3 rings (SSSR count). The number of nitrogens with zero attached hydrogens (tertiary/aromatic N) is 2. The second-order valence-electron chi connectivity index (χ2n) is 6.00. The van der Waals surface area contributed by atoms with E-state index in [9.17, 15) is 8.42 Å². The molecule has 6 heteroatoms. The quantitative estimate of drug-likeness (QED) is 0.562. The number of rotatable bonds is 5. The van der Waals surface area contributed by atoms with Crippen molar-refractivity contribution in [3.8, 4) is 0 Å². The summed E-state index contributed by atoms with van der Waals surface area (Å²) in [5.41, 5.74) is 1.72. The van der Waals surface area contributed by atoms with Crippen molar-refractivity contribution in [2.75, 3.05) is 10.8 Å². The molecule has 4 nitrogen and oxygen atoms in total. The monoisotopic (exact) mass is 418 g/mol. The molecule has 1 heterocycles. The minimum Gasteiger partial charge on any atom is -0.329 e. The molecule has 0 fully saturated rings. The number of fused-ring (bicyclic) bond motifs is 1. The zero-order valence-electron chi connectivity index (χ0n) is 14.1. The number of hydrogen-bond acceptors (Lipinski definition) is 2. The molecular formula is C19H19BrN2O2S. The van der Waals surface area contributed by atoms with E-state index in [2.05, 4.69) is 22.5 Å². The van der Waals surface area contributed by atoms with Gasteiger partial charge in [0.2, 0.25) is 0 Å². The molecule has 0 atom stereocenters. The molecule has 0 aliphatic carbocycles. The van der Waals surface area contributed by atoms with Crippen LogP contribution < -0.4 is 4.31 Å². The summed E-state index contributed by atoms with van der Waals surface area (Å²) in [6.45, 7) is 5.94. The lowest BCUT2D eigenvalue weighted by Gasteiger charge is -2.25. The summed E-state index contributed by atoms with van der Waals surface area (Å²) < 4.78 is 30.7. The van der Waals surface area contributed by atoms with Crippen LogP contribution in [0.4, 0.5) is 5.82 Å². The van der Waals surface area contributed by atoms with Crippen molar-refractivity contribution in [1.29, 1.82) is 0 Å². The Morgan fingerprint density at radius 2 is 1.72 bits per heavy atom. The van der Waals surface area contributed by atoms with Crippen molar-refractivity contribution in [3.63, 3.8) is 0 Å². The average molecular weight is 419 g/mol. The lowest BCUT2D eigenvalue weighted by molar-refractivity contribution is 0.591. The first-order chi connectivity index (χ1) is 11.8. The van der Waals surface area contributed by atoms with E-state index in [1.165, 1.54) is 4.31 Å². The Balaban J connectivity index is 2.27. The maximum Gasteiger partial charge on any atom is 0.265 e. The standard InChI is InChI=1S/C19H19BrN2O2S/c1-14(2)13-22(25(23,24)15-9-5-4-6-10-15)19-18(20)16-11-7-8-12-17(16)21(19)3/h4-12H,1,13H2,2-3H3. The molecule has 0 saturated heterocycles. The van der Waals surface area contributed by atoms with E-state index in [0.717, 1.165) is 20.9 Å². The molecule has 0 N–H and O–H groups in total. The lowest BCUT2D eigenvalue weighted by Crippen LogP contribution is -2.34. The molecule has 0 bridgehead atoms. The fraction of sp³-hybridized carbons (Fsp3) is 0.158. The first-order valence-electron chi connectivity index (χ1n) is 7.79. The number of benzene rings is 2. The van der Waals surface area contributed by atoms with Gasteiger partial charge >= 0.3 is 0 Å². The van der Waals surface area contributed by atoms with Gasteiger partial charge in [-0.15, -0.1) is 0 Å². The number of hydrogen-bond donors (Lipinski definition) is 0. The van der Waals surface area contributed by atoms with Gasteiger partial charge in [0.1, 0.15) is 5.82 Å². The number of aromatic nitrogens is 1. The SMILES string of the molecule is C=C(C)CN(c1c(Br)c2ccccc2n1C)S(=O)(=O)c1ccccc1. The fourth-order valence-corrected chi connectivity index (χ4v) is 5.37. The fourth-order valence-electron chi connectivity index (χ4n) is 2.85. The van der Waals surface area contributed by atoms with Crippen LogP contribution in [-0.2, 0) is 17.1 Å². The van der Waals surface area contributed by atoms with Gasteiger partial charge in [-0.05, 0) is 41.1 Å². The number of sulfonamides is 1. The third-order valence-corrected chi connectivity index (χ3v) is 6.53. The van der Waals surface area contributed by atoms with Crippen LogP contribution in [0.25, 0.3) is 10.9 Å². The van der Waals surface area contributed by atoms with Crippen molar-refractivity contribution in [1.82, 2.24) is 4.57 Å². The minimum atomic E-state index is -3.72.